The molecule has 1 saturated carbocycles. The van der Waals surface area contributed by atoms with Crippen molar-refractivity contribution in [3.05, 3.63) is 35.9 Å². The minimum Gasteiger partial charge on any atom is -0.343 e. The summed E-state index contributed by atoms with van der Waals surface area (Å²) in [5, 5.41) is 2.89. The first kappa shape index (κ1) is 14.1. The summed E-state index contributed by atoms with van der Waals surface area (Å²) in [6.07, 6.45) is 3.58. The molecular formula is C17H22N2O2. The van der Waals surface area contributed by atoms with Gasteiger partial charge in [-0.3, -0.25) is 9.59 Å². The summed E-state index contributed by atoms with van der Waals surface area (Å²) in [6.45, 7) is 2.57. The molecule has 1 aromatic carbocycles. The number of hydrogen-bond donors (Lipinski definition) is 1. The van der Waals surface area contributed by atoms with E-state index in [4.69, 9.17) is 0 Å². The minimum absolute atomic E-state index is 0.0389. The average molecular weight is 286 g/mol. The second kappa shape index (κ2) is 5.88. The second-order valence-corrected chi connectivity index (χ2v) is 6.02. The van der Waals surface area contributed by atoms with Crippen LogP contribution < -0.4 is 5.32 Å². The molecule has 0 bridgehead atoms. The zero-order valence-corrected chi connectivity index (χ0v) is 12.4. The lowest BCUT2D eigenvalue weighted by molar-refractivity contribution is -0.150. The molecule has 1 aliphatic heterocycles. The van der Waals surface area contributed by atoms with Crippen LogP contribution >= 0.6 is 0 Å². The Morgan fingerprint density at radius 2 is 1.90 bits per heavy atom. The van der Waals surface area contributed by atoms with E-state index in [0.29, 0.717) is 18.9 Å². The van der Waals surface area contributed by atoms with E-state index in [1.165, 1.54) is 5.56 Å². The lowest BCUT2D eigenvalue weighted by atomic mass is 10.0. The Labute approximate surface area is 125 Å². The molecule has 2 fully saturated rings. The Bertz CT molecular complexity index is 525. The molecule has 2 aliphatic rings. The molecule has 2 unspecified atom stereocenters. The number of rotatable bonds is 5. The quantitative estimate of drug-likeness (QED) is 0.896. The molecule has 1 aliphatic carbocycles. The van der Waals surface area contributed by atoms with Crippen LogP contribution in [0.25, 0.3) is 0 Å². The van der Waals surface area contributed by atoms with Gasteiger partial charge in [0.05, 0.1) is 0 Å². The van der Waals surface area contributed by atoms with E-state index in [2.05, 4.69) is 17.4 Å². The highest BCUT2D eigenvalue weighted by Crippen LogP contribution is 2.37. The van der Waals surface area contributed by atoms with Crippen LogP contribution in [0.2, 0.25) is 0 Å². The van der Waals surface area contributed by atoms with E-state index in [1.54, 1.807) is 0 Å². The van der Waals surface area contributed by atoms with Crippen molar-refractivity contribution in [2.24, 2.45) is 5.92 Å². The van der Waals surface area contributed by atoms with Crippen LogP contribution in [-0.2, 0) is 16.0 Å². The van der Waals surface area contributed by atoms with E-state index in [0.717, 1.165) is 19.3 Å². The van der Waals surface area contributed by atoms with Crippen LogP contribution in [0.4, 0.5) is 0 Å². The lowest BCUT2D eigenvalue weighted by Crippen LogP contribution is -2.64. The van der Waals surface area contributed by atoms with Gasteiger partial charge in [0.25, 0.3) is 0 Å². The normalized spacial score (nSPS) is 25.9. The van der Waals surface area contributed by atoms with E-state index in [-0.39, 0.29) is 23.9 Å². The maximum Gasteiger partial charge on any atom is 0.245 e. The molecule has 1 saturated heterocycles. The van der Waals surface area contributed by atoms with Crippen LogP contribution in [0.3, 0.4) is 0 Å². The number of hydrogen-bond acceptors (Lipinski definition) is 2. The predicted octanol–water partition coefficient (Wildman–Crippen LogP) is 1.74. The van der Waals surface area contributed by atoms with Crippen molar-refractivity contribution in [2.45, 2.75) is 44.7 Å². The number of carbonyl (C=O) groups excluding carboxylic acids is 2. The molecule has 3 rings (SSSR count). The van der Waals surface area contributed by atoms with Crippen molar-refractivity contribution < 1.29 is 9.59 Å². The monoisotopic (exact) mass is 286 g/mol. The molecule has 21 heavy (non-hydrogen) atoms. The first-order chi connectivity index (χ1) is 10.2. The van der Waals surface area contributed by atoms with Gasteiger partial charge in [-0.2, -0.15) is 0 Å². The summed E-state index contributed by atoms with van der Waals surface area (Å²) in [4.78, 5) is 26.7. The molecule has 2 atom stereocenters. The van der Waals surface area contributed by atoms with Gasteiger partial charge in [0.2, 0.25) is 11.8 Å². The van der Waals surface area contributed by atoms with Crippen molar-refractivity contribution in [3.8, 4) is 0 Å². The van der Waals surface area contributed by atoms with Gasteiger partial charge in [-0.15, -0.1) is 0 Å². The lowest BCUT2D eigenvalue weighted by Gasteiger charge is -2.39. The molecule has 4 heteroatoms. The van der Waals surface area contributed by atoms with Gasteiger partial charge in [0, 0.05) is 6.54 Å². The molecular weight excluding hydrogens is 264 g/mol. The highest BCUT2D eigenvalue weighted by molar-refractivity contribution is 5.97. The van der Waals surface area contributed by atoms with E-state index in [1.807, 2.05) is 30.0 Å². The summed E-state index contributed by atoms with van der Waals surface area (Å²) in [5.74, 6) is 0.490. The summed E-state index contributed by atoms with van der Waals surface area (Å²) in [6, 6.07) is 9.55. The first-order valence-electron chi connectivity index (χ1n) is 7.85. The Hall–Kier alpha value is -1.84. The predicted molar refractivity (Wildman–Crippen MR) is 80.6 cm³/mol. The van der Waals surface area contributed by atoms with Crippen molar-refractivity contribution in [1.82, 2.24) is 10.2 Å². The third kappa shape index (κ3) is 2.94. The smallest absolute Gasteiger partial charge is 0.245 e. The number of benzene rings is 1. The van der Waals surface area contributed by atoms with Crippen LogP contribution in [0.5, 0.6) is 0 Å². The summed E-state index contributed by atoms with van der Waals surface area (Å²) < 4.78 is 0. The number of nitrogens with zero attached hydrogens (tertiary/aromatic N) is 1. The summed E-state index contributed by atoms with van der Waals surface area (Å²) >= 11 is 0. The van der Waals surface area contributed by atoms with Gasteiger partial charge >= 0.3 is 0 Å². The molecule has 1 aromatic rings. The Kier molecular flexibility index (Phi) is 3.95. The SMILES string of the molecule is CCC1NC(=O)C(C2CC2)N(CCc2ccccc2)C1=O. The number of carbonyl (C=O) groups is 2. The fraction of sp³-hybridized carbons (Fsp3) is 0.529. The van der Waals surface area contributed by atoms with Gasteiger partial charge in [-0.1, -0.05) is 37.3 Å². The zero-order valence-electron chi connectivity index (χ0n) is 12.4. The summed E-state index contributed by atoms with van der Waals surface area (Å²) in [7, 11) is 0. The maximum atomic E-state index is 12.6. The topological polar surface area (TPSA) is 49.4 Å². The van der Waals surface area contributed by atoms with E-state index in [9.17, 15) is 9.59 Å². The molecule has 0 aromatic heterocycles. The van der Waals surface area contributed by atoms with Gasteiger partial charge in [-0.05, 0) is 37.2 Å². The van der Waals surface area contributed by atoms with Crippen LogP contribution in [-0.4, -0.2) is 35.3 Å². The molecule has 0 spiro atoms. The van der Waals surface area contributed by atoms with Gasteiger partial charge < -0.3 is 10.2 Å². The standard InChI is InChI=1S/C17H22N2O2/c1-2-14-17(21)19(11-10-12-6-4-3-5-7-12)15(13-8-9-13)16(20)18-14/h3-7,13-15H,2,8-11H2,1H3,(H,18,20). The Balaban J connectivity index is 1.74. The van der Waals surface area contributed by atoms with Gasteiger partial charge in [0.15, 0.2) is 0 Å². The van der Waals surface area contributed by atoms with Crippen molar-refractivity contribution in [1.29, 1.82) is 0 Å². The number of amides is 2. The Morgan fingerprint density at radius 1 is 1.19 bits per heavy atom. The fourth-order valence-electron chi connectivity index (χ4n) is 3.10. The largest absolute Gasteiger partial charge is 0.343 e. The number of nitrogens with one attached hydrogen (secondary N) is 1. The van der Waals surface area contributed by atoms with E-state index < -0.39 is 0 Å². The molecule has 1 N–H and O–H groups in total. The maximum absolute atomic E-state index is 12.6. The molecule has 0 radical (unpaired) electrons. The third-order valence-electron chi connectivity index (χ3n) is 4.46. The van der Waals surface area contributed by atoms with E-state index >= 15 is 0 Å². The summed E-state index contributed by atoms with van der Waals surface area (Å²) in [5.41, 5.74) is 1.21. The average Bonchev–Trinajstić information content (AvgIpc) is 3.33. The fourth-order valence-corrected chi connectivity index (χ4v) is 3.10. The molecule has 1 heterocycles. The van der Waals surface area contributed by atoms with Crippen LogP contribution in [0.1, 0.15) is 31.7 Å². The minimum atomic E-state index is -0.344. The van der Waals surface area contributed by atoms with Gasteiger partial charge in [0.1, 0.15) is 12.1 Å². The van der Waals surface area contributed by atoms with Crippen LogP contribution in [0.15, 0.2) is 30.3 Å². The molecule has 112 valence electrons. The Morgan fingerprint density at radius 3 is 2.52 bits per heavy atom. The van der Waals surface area contributed by atoms with Gasteiger partial charge in [-0.25, -0.2) is 0 Å². The highest BCUT2D eigenvalue weighted by atomic mass is 16.2. The molecule has 2 amide bonds. The molecule has 4 nitrogen and oxygen atoms in total. The van der Waals surface area contributed by atoms with Crippen molar-refractivity contribution in [2.75, 3.05) is 6.54 Å². The van der Waals surface area contributed by atoms with Crippen molar-refractivity contribution in [3.63, 3.8) is 0 Å². The number of piperazine rings is 1. The first-order valence-corrected chi connectivity index (χ1v) is 7.85. The zero-order chi connectivity index (χ0) is 14.8. The van der Waals surface area contributed by atoms with Crippen LogP contribution in [0, 0.1) is 5.92 Å². The van der Waals surface area contributed by atoms with Crippen molar-refractivity contribution >= 4 is 11.8 Å². The second-order valence-electron chi connectivity index (χ2n) is 6.02. The third-order valence-corrected chi connectivity index (χ3v) is 4.46. The highest BCUT2D eigenvalue weighted by Gasteiger charge is 2.47.